The van der Waals surface area contributed by atoms with Gasteiger partial charge >= 0.3 is 0 Å². The molecule has 0 unspecified atom stereocenters. The number of anilines is 1. The molecule has 1 saturated heterocycles. The highest BCUT2D eigenvalue weighted by molar-refractivity contribution is 5.82. The highest BCUT2D eigenvalue weighted by atomic mass is 16.1. The van der Waals surface area contributed by atoms with Crippen molar-refractivity contribution in [1.29, 1.82) is 0 Å². The van der Waals surface area contributed by atoms with Crippen LogP contribution < -0.4 is 4.90 Å². The molecule has 1 saturated carbocycles. The molecule has 4 nitrogen and oxygen atoms in total. The molecule has 1 aliphatic carbocycles. The Labute approximate surface area is 114 Å². The minimum Gasteiger partial charge on any atom is -0.353 e. The molecule has 1 aliphatic heterocycles. The van der Waals surface area contributed by atoms with Crippen molar-refractivity contribution in [3.05, 3.63) is 23.9 Å². The predicted octanol–water partition coefficient (Wildman–Crippen LogP) is 1.96. The molecule has 102 valence electrons. The fraction of sp³-hybridized carbons (Fsp3) is 0.600. The Bertz CT molecular complexity index is 435. The zero-order chi connectivity index (χ0) is 13.1. The number of piperazine rings is 1. The van der Waals surface area contributed by atoms with Crippen LogP contribution in [0.25, 0.3) is 0 Å². The van der Waals surface area contributed by atoms with Crippen LogP contribution in [-0.4, -0.2) is 48.4 Å². The summed E-state index contributed by atoms with van der Waals surface area (Å²) in [6.07, 6.45) is 8.19. The molecule has 2 aliphatic rings. The zero-order valence-corrected chi connectivity index (χ0v) is 11.3. The van der Waals surface area contributed by atoms with Gasteiger partial charge in [-0.1, -0.05) is 12.8 Å². The van der Waals surface area contributed by atoms with Crippen LogP contribution in [0.3, 0.4) is 0 Å². The molecule has 0 bridgehead atoms. The van der Waals surface area contributed by atoms with E-state index in [1.165, 1.54) is 25.7 Å². The quantitative estimate of drug-likeness (QED) is 0.778. The van der Waals surface area contributed by atoms with Gasteiger partial charge in [-0.3, -0.25) is 9.69 Å². The minimum absolute atomic E-state index is 0.705. The summed E-state index contributed by atoms with van der Waals surface area (Å²) >= 11 is 0. The topological polar surface area (TPSA) is 36.4 Å². The molecular formula is C15H21N3O. The number of aromatic nitrogens is 1. The third-order valence-electron chi connectivity index (χ3n) is 4.40. The van der Waals surface area contributed by atoms with Crippen LogP contribution in [-0.2, 0) is 0 Å². The van der Waals surface area contributed by atoms with Crippen molar-refractivity contribution < 1.29 is 4.79 Å². The summed E-state index contributed by atoms with van der Waals surface area (Å²) < 4.78 is 0. The summed E-state index contributed by atoms with van der Waals surface area (Å²) in [5, 5.41) is 0. The second-order valence-corrected chi connectivity index (χ2v) is 5.50. The average molecular weight is 259 g/mol. The summed E-state index contributed by atoms with van der Waals surface area (Å²) in [6, 6.07) is 4.47. The molecule has 0 radical (unpaired) electrons. The molecule has 0 spiro atoms. The summed E-state index contributed by atoms with van der Waals surface area (Å²) in [5.74, 6) is 0.851. The van der Waals surface area contributed by atoms with Gasteiger partial charge in [0.05, 0.1) is 5.56 Å². The fourth-order valence-electron chi connectivity index (χ4n) is 3.33. The molecule has 1 aromatic rings. The standard InChI is InChI=1S/C15H21N3O/c19-12-13-4-3-7-16-15(13)18-10-8-17(9-11-18)14-5-1-2-6-14/h3-4,7,12,14H,1-2,5-6,8-11H2. The molecule has 2 fully saturated rings. The van der Waals surface area contributed by atoms with Crippen molar-refractivity contribution in [3.8, 4) is 0 Å². The number of pyridine rings is 1. The fourth-order valence-corrected chi connectivity index (χ4v) is 3.33. The lowest BCUT2D eigenvalue weighted by atomic mass is 10.1. The lowest BCUT2D eigenvalue weighted by molar-refractivity contribution is 0.112. The van der Waals surface area contributed by atoms with Crippen molar-refractivity contribution in [1.82, 2.24) is 9.88 Å². The Morgan fingerprint density at radius 3 is 2.58 bits per heavy atom. The van der Waals surface area contributed by atoms with Gasteiger partial charge in [-0.05, 0) is 25.0 Å². The van der Waals surface area contributed by atoms with Gasteiger partial charge in [0.1, 0.15) is 5.82 Å². The Morgan fingerprint density at radius 1 is 1.16 bits per heavy atom. The molecule has 0 aromatic carbocycles. The lowest BCUT2D eigenvalue weighted by Crippen LogP contribution is -2.50. The van der Waals surface area contributed by atoms with E-state index >= 15 is 0 Å². The van der Waals surface area contributed by atoms with E-state index in [0.717, 1.165) is 44.3 Å². The van der Waals surface area contributed by atoms with Crippen molar-refractivity contribution in [3.63, 3.8) is 0 Å². The Balaban J connectivity index is 1.64. The number of rotatable bonds is 3. The number of aldehydes is 1. The van der Waals surface area contributed by atoms with E-state index in [2.05, 4.69) is 14.8 Å². The number of carbonyl (C=O) groups is 1. The van der Waals surface area contributed by atoms with E-state index in [4.69, 9.17) is 0 Å². The van der Waals surface area contributed by atoms with Gasteiger partial charge < -0.3 is 4.90 Å². The molecular weight excluding hydrogens is 238 g/mol. The van der Waals surface area contributed by atoms with E-state index in [9.17, 15) is 4.79 Å². The summed E-state index contributed by atoms with van der Waals surface area (Å²) in [6.45, 7) is 4.15. The van der Waals surface area contributed by atoms with Crippen LogP contribution in [0.1, 0.15) is 36.0 Å². The molecule has 19 heavy (non-hydrogen) atoms. The molecule has 0 amide bonds. The summed E-state index contributed by atoms with van der Waals surface area (Å²) in [5.41, 5.74) is 0.705. The molecule has 3 rings (SSSR count). The van der Waals surface area contributed by atoms with Crippen LogP contribution in [0.2, 0.25) is 0 Å². The number of hydrogen-bond acceptors (Lipinski definition) is 4. The SMILES string of the molecule is O=Cc1cccnc1N1CCN(C2CCCC2)CC1. The molecule has 1 aromatic heterocycles. The van der Waals surface area contributed by atoms with Crippen LogP contribution in [0.4, 0.5) is 5.82 Å². The van der Waals surface area contributed by atoms with Gasteiger partial charge in [-0.15, -0.1) is 0 Å². The van der Waals surface area contributed by atoms with Crippen molar-refractivity contribution in [2.75, 3.05) is 31.1 Å². The first kappa shape index (κ1) is 12.6. The Hall–Kier alpha value is -1.42. The van der Waals surface area contributed by atoms with Crippen LogP contribution in [0, 0.1) is 0 Å². The minimum atomic E-state index is 0.705. The second-order valence-electron chi connectivity index (χ2n) is 5.50. The predicted molar refractivity (Wildman–Crippen MR) is 75.7 cm³/mol. The number of carbonyl (C=O) groups excluding carboxylic acids is 1. The third kappa shape index (κ3) is 2.63. The molecule has 0 atom stereocenters. The first-order chi connectivity index (χ1) is 9.38. The van der Waals surface area contributed by atoms with Gasteiger partial charge in [-0.25, -0.2) is 4.98 Å². The van der Waals surface area contributed by atoms with E-state index in [-0.39, 0.29) is 0 Å². The maximum absolute atomic E-state index is 11.1. The lowest BCUT2D eigenvalue weighted by Gasteiger charge is -2.38. The third-order valence-corrected chi connectivity index (χ3v) is 4.40. The second kappa shape index (κ2) is 5.70. The summed E-state index contributed by atoms with van der Waals surface area (Å²) in [7, 11) is 0. The van der Waals surface area contributed by atoms with Gasteiger partial charge in [0.25, 0.3) is 0 Å². The smallest absolute Gasteiger partial charge is 0.153 e. The highest BCUT2D eigenvalue weighted by Gasteiger charge is 2.27. The average Bonchev–Trinajstić information content (AvgIpc) is 3.02. The Kier molecular flexibility index (Phi) is 3.78. The van der Waals surface area contributed by atoms with Crippen LogP contribution >= 0.6 is 0 Å². The Morgan fingerprint density at radius 2 is 1.89 bits per heavy atom. The van der Waals surface area contributed by atoms with Crippen molar-refractivity contribution in [2.45, 2.75) is 31.7 Å². The van der Waals surface area contributed by atoms with Crippen molar-refractivity contribution in [2.24, 2.45) is 0 Å². The van der Waals surface area contributed by atoms with Gasteiger partial charge in [0.2, 0.25) is 0 Å². The molecule has 0 N–H and O–H groups in total. The number of hydrogen-bond donors (Lipinski definition) is 0. The first-order valence-corrected chi connectivity index (χ1v) is 7.27. The van der Waals surface area contributed by atoms with E-state index in [1.54, 1.807) is 6.20 Å². The van der Waals surface area contributed by atoms with Gasteiger partial charge in [-0.2, -0.15) is 0 Å². The van der Waals surface area contributed by atoms with Crippen LogP contribution in [0.5, 0.6) is 0 Å². The van der Waals surface area contributed by atoms with Gasteiger partial charge in [0.15, 0.2) is 6.29 Å². The van der Waals surface area contributed by atoms with Gasteiger partial charge in [0, 0.05) is 38.4 Å². The van der Waals surface area contributed by atoms with Crippen LogP contribution in [0.15, 0.2) is 18.3 Å². The number of nitrogens with zero attached hydrogens (tertiary/aromatic N) is 3. The molecule has 4 heteroatoms. The van der Waals surface area contributed by atoms with E-state index in [0.29, 0.717) is 5.56 Å². The summed E-state index contributed by atoms with van der Waals surface area (Å²) in [4.78, 5) is 20.3. The highest BCUT2D eigenvalue weighted by Crippen LogP contribution is 2.25. The monoisotopic (exact) mass is 259 g/mol. The maximum atomic E-state index is 11.1. The van der Waals surface area contributed by atoms with E-state index < -0.39 is 0 Å². The largest absolute Gasteiger partial charge is 0.353 e. The van der Waals surface area contributed by atoms with E-state index in [1.807, 2.05) is 12.1 Å². The normalized spacial score (nSPS) is 21.8. The van der Waals surface area contributed by atoms with Crippen molar-refractivity contribution >= 4 is 12.1 Å². The maximum Gasteiger partial charge on any atom is 0.153 e. The zero-order valence-electron chi connectivity index (χ0n) is 11.3. The molecule has 2 heterocycles. The first-order valence-electron chi connectivity index (χ1n) is 7.27.